The smallest absolute Gasteiger partial charge is 0.340 e. The Balaban J connectivity index is 2.48. The first kappa shape index (κ1) is 15.0. The van der Waals surface area contributed by atoms with Crippen LogP contribution in [0.1, 0.15) is 40.2 Å². The van der Waals surface area contributed by atoms with Crippen molar-refractivity contribution < 1.29 is 13.9 Å². The van der Waals surface area contributed by atoms with E-state index in [1.54, 1.807) is 33.9 Å². The molecule has 2 aromatic rings. The Morgan fingerprint density at radius 1 is 1.38 bits per heavy atom. The van der Waals surface area contributed by atoms with E-state index in [2.05, 4.69) is 4.98 Å². The van der Waals surface area contributed by atoms with Crippen LogP contribution in [0.3, 0.4) is 0 Å². The highest BCUT2D eigenvalue weighted by Gasteiger charge is 2.18. The van der Waals surface area contributed by atoms with Gasteiger partial charge in [0.15, 0.2) is 0 Å². The molecule has 6 heteroatoms. The van der Waals surface area contributed by atoms with E-state index in [-0.39, 0.29) is 18.7 Å². The molecular formula is C15H18N2O4. The summed E-state index contributed by atoms with van der Waals surface area (Å²) in [7, 11) is 0. The molecule has 0 atom stereocenters. The number of nitrogens with zero attached hydrogens (tertiary/aromatic N) is 2. The van der Waals surface area contributed by atoms with Crippen molar-refractivity contribution in [2.24, 2.45) is 0 Å². The topological polar surface area (TPSA) is 74.3 Å². The van der Waals surface area contributed by atoms with Crippen LogP contribution in [0.25, 0.3) is 0 Å². The predicted molar refractivity (Wildman–Crippen MR) is 76.5 cm³/mol. The molecule has 0 saturated carbocycles. The number of hydrogen-bond acceptors (Lipinski definition) is 5. The van der Waals surface area contributed by atoms with Gasteiger partial charge in [0.25, 0.3) is 5.56 Å². The van der Waals surface area contributed by atoms with Crippen LogP contribution in [-0.2, 0) is 11.3 Å². The minimum Gasteiger partial charge on any atom is -0.462 e. The summed E-state index contributed by atoms with van der Waals surface area (Å²) in [5.41, 5.74) is 1.37. The Bertz CT molecular complexity index is 728. The van der Waals surface area contributed by atoms with Crippen molar-refractivity contribution in [1.29, 1.82) is 0 Å². The predicted octanol–water partition coefficient (Wildman–Crippen LogP) is 1.99. The van der Waals surface area contributed by atoms with E-state index >= 15 is 0 Å². The average Bonchev–Trinajstić information content (AvgIpc) is 2.80. The minimum absolute atomic E-state index is 0.186. The molecule has 0 unspecified atom stereocenters. The van der Waals surface area contributed by atoms with Gasteiger partial charge in [0.1, 0.15) is 12.3 Å². The molecule has 2 rings (SSSR count). The van der Waals surface area contributed by atoms with Crippen LogP contribution < -0.4 is 5.56 Å². The highest BCUT2D eigenvalue weighted by molar-refractivity contribution is 5.92. The van der Waals surface area contributed by atoms with E-state index in [9.17, 15) is 9.59 Å². The van der Waals surface area contributed by atoms with E-state index < -0.39 is 5.97 Å². The second-order valence-electron chi connectivity index (χ2n) is 4.80. The quantitative estimate of drug-likeness (QED) is 0.805. The number of pyridine rings is 1. The van der Waals surface area contributed by atoms with Crippen molar-refractivity contribution in [3.63, 3.8) is 0 Å². The van der Waals surface area contributed by atoms with Crippen molar-refractivity contribution in [2.45, 2.75) is 34.2 Å². The van der Waals surface area contributed by atoms with Crippen LogP contribution in [0, 0.1) is 20.8 Å². The molecule has 0 fully saturated rings. The summed E-state index contributed by atoms with van der Waals surface area (Å²) < 4.78 is 11.9. The number of carbonyl (C=O) groups is 1. The summed E-state index contributed by atoms with van der Waals surface area (Å²) in [5, 5.41) is 0. The zero-order valence-electron chi connectivity index (χ0n) is 12.6. The van der Waals surface area contributed by atoms with Crippen molar-refractivity contribution in [2.75, 3.05) is 6.61 Å². The van der Waals surface area contributed by atoms with E-state index in [1.807, 2.05) is 0 Å². The van der Waals surface area contributed by atoms with Crippen LogP contribution in [0.4, 0.5) is 0 Å². The van der Waals surface area contributed by atoms with Gasteiger partial charge in [-0.2, -0.15) is 0 Å². The van der Waals surface area contributed by atoms with Crippen LogP contribution in [-0.4, -0.2) is 22.1 Å². The molecule has 0 aliphatic heterocycles. The number of carbonyl (C=O) groups excluding carboxylic acids is 1. The molecule has 2 heterocycles. The fraction of sp³-hybridized carbons (Fsp3) is 0.400. The van der Waals surface area contributed by atoms with Gasteiger partial charge < -0.3 is 13.7 Å². The molecule has 0 bridgehead atoms. The third-order valence-electron chi connectivity index (χ3n) is 3.21. The summed E-state index contributed by atoms with van der Waals surface area (Å²) >= 11 is 0. The zero-order chi connectivity index (χ0) is 15.6. The number of ether oxygens (including phenoxy) is 1. The number of esters is 1. The van der Waals surface area contributed by atoms with Gasteiger partial charge in [0, 0.05) is 11.8 Å². The lowest BCUT2D eigenvalue weighted by Gasteiger charge is -2.14. The van der Waals surface area contributed by atoms with E-state index in [4.69, 9.17) is 9.15 Å². The zero-order valence-corrected chi connectivity index (χ0v) is 12.6. The minimum atomic E-state index is -0.426. The molecule has 0 aromatic carbocycles. The van der Waals surface area contributed by atoms with E-state index in [0.717, 1.165) is 0 Å². The fourth-order valence-corrected chi connectivity index (χ4v) is 2.24. The molecule has 0 spiro atoms. The summed E-state index contributed by atoms with van der Waals surface area (Å²) in [6.45, 7) is 7.44. The van der Waals surface area contributed by atoms with Gasteiger partial charge in [0.05, 0.1) is 18.4 Å². The Kier molecular flexibility index (Phi) is 4.26. The van der Waals surface area contributed by atoms with E-state index in [1.165, 1.54) is 10.6 Å². The second-order valence-corrected chi connectivity index (χ2v) is 4.80. The lowest BCUT2D eigenvalue weighted by atomic mass is 10.1. The first-order valence-corrected chi connectivity index (χ1v) is 6.73. The van der Waals surface area contributed by atoms with Gasteiger partial charge in [0.2, 0.25) is 5.89 Å². The van der Waals surface area contributed by atoms with Gasteiger partial charge in [-0.15, -0.1) is 0 Å². The monoisotopic (exact) mass is 290 g/mol. The molecule has 21 heavy (non-hydrogen) atoms. The standard InChI is InChI=1S/C15H18N2O4/c1-5-20-15(19)14-9(2)6-13(18)17(11(14)4)8-12-16-7-10(3)21-12/h6-7H,5,8H2,1-4H3. The van der Waals surface area contributed by atoms with Crippen molar-refractivity contribution in [3.05, 3.63) is 51.1 Å². The highest BCUT2D eigenvalue weighted by Crippen LogP contribution is 2.14. The first-order chi connectivity index (χ1) is 9.93. The summed E-state index contributed by atoms with van der Waals surface area (Å²) in [4.78, 5) is 28.3. The largest absolute Gasteiger partial charge is 0.462 e. The number of aromatic nitrogens is 2. The Labute approximate surface area is 122 Å². The SMILES string of the molecule is CCOC(=O)c1c(C)cc(=O)n(Cc2ncc(C)o2)c1C. The van der Waals surface area contributed by atoms with Crippen molar-refractivity contribution in [3.8, 4) is 0 Å². The molecule has 0 radical (unpaired) electrons. The van der Waals surface area contributed by atoms with Crippen LogP contribution >= 0.6 is 0 Å². The molecule has 112 valence electrons. The van der Waals surface area contributed by atoms with Crippen LogP contribution in [0.15, 0.2) is 21.5 Å². The normalized spacial score (nSPS) is 10.7. The van der Waals surface area contributed by atoms with Gasteiger partial charge in [-0.1, -0.05) is 0 Å². The van der Waals surface area contributed by atoms with Gasteiger partial charge in [-0.05, 0) is 33.3 Å². The summed E-state index contributed by atoms with van der Waals surface area (Å²) in [6.07, 6.45) is 1.59. The highest BCUT2D eigenvalue weighted by atomic mass is 16.5. The lowest BCUT2D eigenvalue weighted by Crippen LogP contribution is -2.26. The lowest BCUT2D eigenvalue weighted by molar-refractivity contribution is 0.0523. The number of oxazole rings is 1. The maximum atomic E-state index is 12.1. The van der Waals surface area contributed by atoms with Gasteiger partial charge >= 0.3 is 5.97 Å². The molecule has 0 aliphatic carbocycles. The van der Waals surface area contributed by atoms with Gasteiger partial charge in [-0.25, -0.2) is 9.78 Å². The molecular weight excluding hydrogens is 272 g/mol. The number of hydrogen-bond donors (Lipinski definition) is 0. The molecule has 0 saturated heterocycles. The Morgan fingerprint density at radius 2 is 2.10 bits per heavy atom. The van der Waals surface area contributed by atoms with Crippen molar-refractivity contribution >= 4 is 5.97 Å². The Hall–Kier alpha value is -2.37. The molecule has 0 aliphatic rings. The number of aryl methyl sites for hydroxylation is 2. The third-order valence-corrected chi connectivity index (χ3v) is 3.21. The van der Waals surface area contributed by atoms with Crippen molar-refractivity contribution in [1.82, 2.24) is 9.55 Å². The van der Waals surface area contributed by atoms with Crippen LogP contribution in [0.2, 0.25) is 0 Å². The maximum absolute atomic E-state index is 12.1. The summed E-state index contributed by atoms with van der Waals surface area (Å²) in [5.74, 6) is 0.676. The molecule has 0 N–H and O–H groups in total. The Morgan fingerprint density at radius 3 is 2.67 bits per heavy atom. The van der Waals surface area contributed by atoms with Crippen LogP contribution in [0.5, 0.6) is 0 Å². The number of rotatable bonds is 4. The molecule has 0 amide bonds. The van der Waals surface area contributed by atoms with Gasteiger partial charge in [-0.3, -0.25) is 4.79 Å². The fourth-order valence-electron chi connectivity index (χ4n) is 2.24. The molecule has 6 nitrogen and oxygen atoms in total. The summed E-state index contributed by atoms with van der Waals surface area (Å²) in [6, 6.07) is 1.43. The molecule has 2 aromatic heterocycles. The van der Waals surface area contributed by atoms with E-state index in [0.29, 0.717) is 28.5 Å². The third kappa shape index (κ3) is 3.04. The average molecular weight is 290 g/mol. The maximum Gasteiger partial charge on any atom is 0.340 e. The second kappa shape index (κ2) is 5.95. The first-order valence-electron chi connectivity index (χ1n) is 6.73.